The van der Waals surface area contributed by atoms with Crippen LogP contribution in [-0.2, 0) is 0 Å². The summed E-state index contributed by atoms with van der Waals surface area (Å²) in [5.74, 6) is 0.368. The van der Waals surface area contributed by atoms with Gasteiger partial charge in [0.15, 0.2) is 0 Å². The van der Waals surface area contributed by atoms with E-state index in [1.165, 1.54) is 0 Å². The molecule has 2 aromatic heterocycles. The zero-order valence-electron chi connectivity index (χ0n) is 16.9. The van der Waals surface area contributed by atoms with Gasteiger partial charge in [-0.25, -0.2) is 9.97 Å². The Labute approximate surface area is 184 Å². The first-order chi connectivity index (χ1) is 15.1. The number of nitrogens with zero attached hydrogens (tertiary/aromatic N) is 3. The number of likely N-dealkylation sites (tertiary alicyclic amines) is 1. The van der Waals surface area contributed by atoms with Crippen molar-refractivity contribution in [2.24, 2.45) is 0 Å². The van der Waals surface area contributed by atoms with Gasteiger partial charge in [-0.2, -0.15) is 0 Å². The zero-order valence-corrected chi connectivity index (χ0v) is 17.7. The van der Waals surface area contributed by atoms with Gasteiger partial charge in [0, 0.05) is 30.4 Å². The molecule has 1 amide bonds. The van der Waals surface area contributed by atoms with Crippen molar-refractivity contribution in [3.05, 3.63) is 66.4 Å². The van der Waals surface area contributed by atoms with Crippen LogP contribution in [0.2, 0.25) is 0 Å². The molecular formula is C24H22N4O2S. The number of carbonyl (C=O) groups is 1. The van der Waals surface area contributed by atoms with Gasteiger partial charge in [0.25, 0.3) is 5.91 Å². The van der Waals surface area contributed by atoms with E-state index in [1.54, 1.807) is 22.4 Å². The van der Waals surface area contributed by atoms with Crippen molar-refractivity contribution in [2.45, 2.75) is 18.9 Å². The smallest absolute Gasteiger partial charge is 0.253 e. The van der Waals surface area contributed by atoms with Crippen LogP contribution < -0.4 is 5.73 Å². The predicted molar refractivity (Wildman–Crippen MR) is 124 cm³/mol. The summed E-state index contributed by atoms with van der Waals surface area (Å²) in [5, 5.41) is 10.7. The number of anilines is 1. The first kappa shape index (κ1) is 19.7. The number of aromatic nitrogens is 2. The quantitative estimate of drug-likeness (QED) is 0.508. The first-order valence-corrected chi connectivity index (χ1v) is 11.1. The van der Waals surface area contributed by atoms with Crippen molar-refractivity contribution in [1.29, 1.82) is 0 Å². The van der Waals surface area contributed by atoms with Gasteiger partial charge in [-0.05, 0) is 48.7 Å². The van der Waals surface area contributed by atoms with Crippen LogP contribution in [0.25, 0.3) is 31.9 Å². The number of rotatable bonds is 3. The summed E-state index contributed by atoms with van der Waals surface area (Å²) in [6.07, 6.45) is 2.84. The average Bonchev–Trinajstić information content (AvgIpc) is 3.23. The van der Waals surface area contributed by atoms with Crippen LogP contribution in [-0.4, -0.2) is 45.1 Å². The maximum Gasteiger partial charge on any atom is 0.253 e. The molecule has 1 saturated heterocycles. The number of thiazole rings is 1. The Hall–Kier alpha value is -3.29. The second-order valence-electron chi connectivity index (χ2n) is 7.77. The number of para-hydroxylation sites is 1. The number of β-amino-alcohol motifs (C(OH)–C–C–N with tert-alkyl or cyclic N) is 1. The molecule has 1 atom stereocenters. The van der Waals surface area contributed by atoms with Gasteiger partial charge in [0.05, 0.1) is 21.9 Å². The summed E-state index contributed by atoms with van der Waals surface area (Å²) in [5.41, 5.74) is 10.3. The highest BCUT2D eigenvalue weighted by molar-refractivity contribution is 7.21. The Morgan fingerprint density at radius 2 is 2.00 bits per heavy atom. The lowest BCUT2D eigenvalue weighted by atomic mass is 10.0. The summed E-state index contributed by atoms with van der Waals surface area (Å²) < 4.78 is 1.10. The minimum atomic E-state index is -0.446. The Balaban J connectivity index is 1.49. The number of pyridine rings is 1. The number of nitrogens with two attached hydrogens (primary N) is 1. The van der Waals surface area contributed by atoms with Crippen LogP contribution in [0.3, 0.4) is 0 Å². The summed E-state index contributed by atoms with van der Waals surface area (Å²) in [6.45, 7) is 1.06. The predicted octanol–water partition coefficient (Wildman–Crippen LogP) is 4.20. The van der Waals surface area contributed by atoms with E-state index < -0.39 is 6.10 Å². The first-order valence-electron chi connectivity index (χ1n) is 10.3. The summed E-state index contributed by atoms with van der Waals surface area (Å²) in [6, 6.07) is 17.5. The van der Waals surface area contributed by atoms with Crippen LogP contribution in [0.15, 0.2) is 60.8 Å². The van der Waals surface area contributed by atoms with Crippen LogP contribution in [0, 0.1) is 0 Å². The zero-order chi connectivity index (χ0) is 21.4. The molecule has 1 aliphatic heterocycles. The summed E-state index contributed by atoms with van der Waals surface area (Å²) in [7, 11) is 0. The van der Waals surface area contributed by atoms with E-state index in [0.29, 0.717) is 24.5 Å². The fourth-order valence-electron chi connectivity index (χ4n) is 3.95. The number of hydrogen-bond donors (Lipinski definition) is 2. The monoisotopic (exact) mass is 430 g/mol. The maximum atomic E-state index is 12.9. The van der Waals surface area contributed by atoms with E-state index in [0.717, 1.165) is 44.8 Å². The number of hydrogen-bond acceptors (Lipinski definition) is 6. The fraction of sp³-hybridized carbons (Fsp3) is 0.208. The lowest BCUT2D eigenvalue weighted by Gasteiger charge is -2.30. The van der Waals surface area contributed by atoms with Gasteiger partial charge in [0.2, 0.25) is 0 Å². The molecule has 7 heteroatoms. The topological polar surface area (TPSA) is 92.3 Å². The minimum absolute atomic E-state index is 0.0598. The molecule has 0 radical (unpaired) electrons. The number of carbonyl (C=O) groups excluding carboxylic acids is 1. The molecule has 5 rings (SSSR count). The summed E-state index contributed by atoms with van der Waals surface area (Å²) >= 11 is 1.58. The largest absolute Gasteiger partial charge is 0.391 e. The normalized spacial score (nSPS) is 16.5. The molecule has 0 spiro atoms. The molecule has 0 saturated carbocycles. The number of nitrogen functional groups attached to an aromatic ring is 1. The Morgan fingerprint density at radius 3 is 2.84 bits per heavy atom. The standard InChI is InChI=1S/C24H22N4O2S/c25-22-19(23-27-20-8-1-2-9-21(20)31-23)12-17(13-26-22)15-5-3-6-16(11-15)24(30)28-10-4-7-18(29)14-28/h1-3,5-6,8-9,11-13,18,29H,4,7,10,14H2,(H2,25,26). The van der Waals surface area contributed by atoms with E-state index >= 15 is 0 Å². The molecule has 1 fully saturated rings. The number of amides is 1. The highest BCUT2D eigenvalue weighted by atomic mass is 32.1. The van der Waals surface area contributed by atoms with Gasteiger partial charge in [-0.3, -0.25) is 4.79 Å². The van der Waals surface area contributed by atoms with Crippen molar-refractivity contribution >= 4 is 33.3 Å². The Kier molecular flexibility index (Phi) is 5.13. The highest BCUT2D eigenvalue weighted by Gasteiger charge is 2.23. The molecule has 0 aliphatic carbocycles. The molecule has 156 valence electrons. The third-order valence-electron chi connectivity index (χ3n) is 5.57. The van der Waals surface area contributed by atoms with Crippen molar-refractivity contribution in [3.63, 3.8) is 0 Å². The molecular weight excluding hydrogens is 408 g/mol. The number of piperidine rings is 1. The van der Waals surface area contributed by atoms with E-state index in [2.05, 4.69) is 4.98 Å². The molecule has 0 bridgehead atoms. The number of fused-ring (bicyclic) bond motifs is 1. The van der Waals surface area contributed by atoms with E-state index in [-0.39, 0.29) is 5.91 Å². The molecule has 1 unspecified atom stereocenters. The van der Waals surface area contributed by atoms with Gasteiger partial charge in [0.1, 0.15) is 10.8 Å². The molecule has 6 nitrogen and oxygen atoms in total. The lowest BCUT2D eigenvalue weighted by Crippen LogP contribution is -2.42. The average molecular weight is 431 g/mol. The minimum Gasteiger partial charge on any atom is -0.391 e. The van der Waals surface area contributed by atoms with Crippen molar-refractivity contribution in [3.8, 4) is 21.7 Å². The number of benzene rings is 2. The van der Waals surface area contributed by atoms with E-state index in [9.17, 15) is 9.90 Å². The van der Waals surface area contributed by atoms with Crippen LogP contribution >= 0.6 is 11.3 Å². The third kappa shape index (κ3) is 3.89. The number of aliphatic hydroxyl groups excluding tert-OH is 1. The molecule has 3 N–H and O–H groups in total. The van der Waals surface area contributed by atoms with E-state index in [1.807, 2.05) is 54.6 Å². The van der Waals surface area contributed by atoms with Crippen molar-refractivity contribution < 1.29 is 9.90 Å². The van der Waals surface area contributed by atoms with Crippen LogP contribution in [0.4, 0.5) is 5.82 Å². The highest BCUT2D eigenvalue weighted by Crippen LogP contribution is 2.35. The number of aliphatic hydroxyl groups is 1. The van der Waals surface area contributed by atoms with E-state index in [4.69, 9.17) is 10.7 Å². The molecule has 4 aromatic rings. The third-order valence-corrected chi connectivity index (χ3v) is 6.64. The molecule has 2 aromatic carbocycles. The SMILES string of the molecule is Nc1ncc(-c2cccc(C(=O)N3CCCC(O)C3)c2)cc1-c1nc2ccccc2s1. The Morgan fingerprint density at radius 1 is 1.13 bits per heavy atom. The second kappa shape index (κ2) is 8.09. The fourth-order valence-corrected chi connectivity index (χ4v) is 4.94. The van der Waals surface area contributed by atoms with Gasteiger partial charge in [-0.1, -0.05) is 24.3 Å². The summed E-state index contributed by atoms with van der Waals surface area (Å²) in [4.78, 5) is 23.8. The second-order valence-corrected chi connectivity index (χ2v) is 8.80. The van der Waals surface area contributed by atoms with Crippen LogP contribution in [0.1, 0.15) is 23.2 Å². The van der Waals surface area contributed by atoms with Crippen LogP contribution in [0.5, 0.6) is 0 Å². The maximum absolute atomic E-state index is 12.9. The molecule has 31 heavy (non-hydrogen) atoms. The molecule has 3 heterocycles. The van der Waals surface area contributed by atoms with Crippen molar-refractivity contribution in [2.75, 3.05) is 18.8 Å². The van der Waals surface area contributed by atoms with Gasteiger partial charge >= 0.3 is 0 Å². The molecule has 1 aliphatic rings. The van der Waals surface area contributed by atoms with Gasteiger partial charge in [-0.15, -0.1) is 11.3 Å². The Bertz CT molecular complexity index is 1240. The van der Waals surface area contributed by atoms with Gasteiger partial charge < -0.3 is 15.7 Å². The lowest BCUT2D eigenvalue weighted by molar-refractivity contribution is 0.0474. The van der Waals surface area contributed by atoms with Crippen molar-refractivity contribution in [1.82, 2.24) is 14.9 Å².